The number of pyridine rings is 1. The van der Waals surface area contributed by atoms with Crippen LogP contribution in [0.4, 0.5) is 22.0 Å². The van der Waals surface area contributed by atoms with Gasteiger partial charge in [0.15, 0.2) is 0 Å². The van der Waals surface area contributed by atoms with Crippen molar-refractivity contribution in [3.05, 3.63) is 41.7 Å². The molecule has 1 fully saturated rings. The predicted molar refractivity (Wildman–Crippen MR) is 94.3 cm³/mol. The van der Waals surface area contributed by atoms with Crippen LogP contribution in [0.25, 0.3) is 21.8 Å². The molecular weight excluding hydrogens is 381 g/mol. The maximum absolute atomic E-state index is 13.2. The lowest BCUT2D eigenvalue weighted by molar-refractivity contribution is -0.141. The minimum absolute atomic E-state index is 0.198. The molecule has 1 saturated heterocycles. The molecule has 0 spiro atoms. The summed E-state index contributed by atoms with van der Waals surface area (Å²) in [5.41, 5.74) is -0.448. The molecule has 4 nitrogen and oxygen atoms in total. The van der Waals surface area contributed by atoms with Crippen LogP contribution in [-0.4, -0.2) is 33.9 Å². The van der Waals surface area contributed by atoms with Crippen molar-refractivity contribution in [2.45, 2.75) is 37.6 Å². The molecule has 1 aliphatic heterocycles. The smallest absolute Gasteiger partial charge is 0.390 e. The zero-order valence-electron chi connectivity index (χ0n) is 14.7. The SMILES string of the molecule is O[C@H]1CNCCC[C@@H]1n1c2ccc(C(F)F)cc2c2cc(C(F)(F)F)ncc21. The van der Waals surface area contributed by atoms with E-state index in [1.54, 1.807) is 4.57 Å². The van der Waals surface area contributed by atoms with Gasteiger partial charge in [0.1, 0.15) is 5.69 Å². The number of rotatable bonds is 2. The van der Waals surface area contributed by atoms with Crippen molar-refractivity contribution >= 4 is 21.8 Å². The Labute approximate surface area is 157 Å². The second-order valence-corrected chi connectivity index (χ2v) is 7.01. The Hall–Kier alpha value is -2.26. The van der Waals surface area contributed by atoms with Crippen LogP contribution in [0.5, 0.6) is 0 Å². The molecule has 0 saturated carbocycles. The van der Waals surface area contributed by atoms with Crippen LogP contribution in [0, 0.1) is 0 Å². The van der Waals surface area contributed by atoms with Crippen LogP contribution < -0.4 is 5.32 Å². The second-order valence-electron chi connectivity index (χ2n) is 7.01. The second kappa shape index (κ2) is 6.97. The zero-order valence-corrected chi connectivity index (χ0v) is 14.7. The van der Waals surface area contributed by atoms with Gasteiger partial charge in [-0.25, -0.2) is 13.8 Å². The van der Waals surface area contributed by atoms with Gasteiger partial charge in [-0.1, -0.05) is 6.07 Å². The molecule has 0 aliphatic carbocycles. The summed E-state index contributed by atoms with van der Waals surface area (Å²) >= 11 is 0. The maximum atomic E-state index is 13.2. The number of aliphatic hydroxyl groups is 1. The van der Waals surface area contributed by atoms with Crippen molar-refractivity contribution in [3.8, 4) is 0 Å². The number of alkyl halides is 5. The minimum atomic E-state index is -4.64. The van der Waals surface area contributed by atoms with E-state index in [1.165, 1.54) is 18.2 Å². The predicted octanol–water partition coefficient (Wildman–Crippen LogP) is 4.43. The Morgan fingerprint density at radius 1 is 1.14 bits per heavy atom. The van der Waals surface area contributed by atoms with Gasteiger partial charge in [-0.3, -0.25) is 0 Å². The lowest BCUT2D eigenvalue weighted by atomic mass is 10.1. The monoisotopic (exact) mass is 399 g/mol. The molecule has 0 radical (unpaired) electrons. The maximum Gasteiger partial charge on any atom is 0.433 e. The third kappa shape index (κ3) is 3.22. The van der Waals surface area contributed by atoms with E-state index in [9.17, 15) is 27.1 Å². The first-order chi connectivity index (χ1) is 13.3. The van der Waals surface area contributed by atoms with Gasteiger partial charge < -0.3 is 15.0 Å². The third-order valence-electron chi connectivity index (χ3n) is 5.24. The summed E-state index contributed by atoms with van der Waals surface area (Å²) in [6.07, 6.45) is -5.66. The van der Waals surface area contributed by atoms with Gasteiger partial charge in [-0.15, -0.1) is 0 Å². The topological polar surface area (TPSA) is 50.1 Å². The summed E-state index contributed by atoms with van der Waals surface area (Å²) < 4.78 is 67.6. The van der Waals surface area contributed by atoms with Crippen molar-refractivity contribution in [2.75, 3.05) is 13.1 Å². The summed E-state index contributed by atoms with van der Waals surface area (Å²) in [6, 6.07) is 4.47. The van der Waals surface area contributed by atoms with Crippen LogP contribution in [0.15, 0.2) is 30.5 Å². The number of aromatic nitrogens is 2. The Kier molecular flexibility index (Phi) is 4.75. The normalized spacial score (nSPS) is 21.5. The van der Waals surface area contributed by atoms with E-state index in [1.807, 2.05) is 0 Å². The van der Waals surface area contributed by atoms with E-state index >= 15 is 0 Å². The summed E-state index contributed by atoms with van der Waals surface area (Å²) in [7, 11) is 0. The summed E-state index contributed by atoms with van der Waals surface area (Å²) in [6.45, 7) is 1.06. The average Bonchev–Trinajstić information content (AvgIpc) is 2.81. The summed E-state index contributed by atoms with van der Waals surface area (Å²) in [5.74, 6) is 0. The average molecular weight is 399 g/mol. The van der Waals surface area contributed by atoms with E-state index in [4.69, 9.17) is 0 Å². The van der Waals surface area contributed by atoms with Crippen LogP contribution >= 0.6 is 0 Å². The highest BCUT2D eigenvalue weighted by atomic mass is 19.4. The number of fused-ring (bicyclic) bond motifs is 3. The number of aliphatic hydroxyl groups excluding tert-OH is 1. The van der Waals surface area contributed by atoms with Crippen LogP contribution in [-0.2, 0) is 6.18 Å². The molecule has 0 bridgehead atoms. The molecule has 4 rings (SSSR count). The first kappa shape index (κ1) is 19.1. The quantitative estimate of drug-likeness (QED) is 0.627. The van der Waals surface area contributed by atoms with Crippen molar-refractivity contribution in [1.82, 2.24) is 14.9 Å². The Morgan fingerprint density at radius 2 is 1.89 bits per heavy atom. The first-order valence-corrected chi connectivity index (χ1v) is 8.95. The molecule has 2 atom stereocenters. The van der Waals surface area contributed by atoms with E-state index in [2.05, 4.69) is 10.3 Å². The Morgan fingerprint density at radius 3 is 2.61 bits per heavy atom. The fraction of sp³-hybridized carbons (Fsp3) is 0.421. The molecule has 28 heavy (non-hydrogen) atoms. The largest absolute Gasteiger partial charge is 0.433 e. The lowest BCUT2D eigenvalue weighted by Crippen LogP contribution is -2.31. The molecule has 2 N–H and O–H groups in total. The Balaban J connectivity index is 2.02. The number of halogens is 5. The Bertz CT molecular complexity index is 1010. The van der Waals surface area contributed by atoms with Gasteiger partial charge in [0.05, 0.1) is 23.9 Å². The lowest BCUT2D eigenvalue weighted by Gasteiger charge is -2.24. The number of nitrogens with zero attached hydrogens (tertiary/aromatic N) is 2. The molecule has 1 aromatic carbocycles. The number of hydrogen-bond donors (Lipinski definition) is 2. The highest BCUT2D eigenvalue weighted by Gasteiger charge is 2.34. The van der Waals surface area contributed by atoms with Gasteiger partial charge in [0, 0.05) is 28.4 Å². The molecule has 1 aliphatic rings. The van der Waals surface area contributed by atoms with Gasteiger partial charge in [0.2, 0.25) is 0 Å². The number of benzene rings is 1. The van der Waals surface area contributed by atoms with Crippen molar-refractivity contribution in [1.29, 1.82) is 0 Å². The number of β-amino-alcohol motifs (C(OH)–C–C–N with tert-alkyl or cyclic N) is 1. The number of hydrogen-bond acceptors (Lipinski definition) is 3. The fourth-order valence-corrected chi connectivity index (χ4v) is 3.93. The standard InChI is InChI=1S/C19H18F5N3O/c20-18(21)10-3-4-13-11(6-10)12-7-17(19(22,23)24)26-8-15(12)27(13)14-2-1-5-25-9-16(14)28/h3-4,6-8,14,16,18,25,28H,1-2,5,9H2/t14-,16-/m0/s1. The highest BCUT2D eigenvalue weighted by Crippen LogP contribution is 2.39. The van der Waals surface area contributed by atoms with Gasteiger partial charge in [0.25, 0.3) is 6.43 Å². The molecule has 0 unspecified atom stereocenters. The van der Waals surface area contributed by atoms with Crippen LogP contribution in [0.2, 0.25) is 0 Å². The minimum Gasteiger partial charge on any atom is -0.390 e. The molecule has 150 valence electrons. The summed E-state index contributed by atoms with van der Waals surface area (Å²) in [5, 5.41) is 14.2. The van der Waals surface area contributed by atoms with Gasteiger partial charge in [-0.05, 0) is 37.6 Å². The van der Waals surface area contributed by atoms with Crippen molar-refractivity contribution < 1.29 is 27.1 Å². The van der Waals surface area contributed by atoms with Crippen molar-refractivity contribution in [2.24, 2.45) is 0 Å². The van der Waals surface area contributed by atoms with Crippen LogP contribution in [0.3, 0.4) is 0 Å². The number of nitrogens with one attached hydrogen (secondary N) is 1. The van der Waals surface area contributed by atoms with Crippen molar-refractivity contribution in [3.63, 3.8) is 0 Å². The van der Waals surface area contributed by atoms with E-state index < -0.39 is 30.4 Å². The molecule has 0 amide bonds. The molecule has 9 heteroatoms. The van der Waals surface area contributed by atoms with Gasteiger partial charge in [-0.2, -0.15) is 13.2 Å². The van der Waals surface area contributed by atoms with Crippen LogP contribution in [0.1, 0.15) is 36.6 Å². The fourth-order valence-electron chi connectivity index (χ4n) is 3.93. The molecule has 3 heterocycles. The van der Waals surface area contributed by atoms with E-state index in [-0.39, 0.29) is 10.9 Å². The van der Waals surface area contributed by atoms with Gasteiger partial charge >= 0.3 is 6.18 Å². The van der Waals surface area contributed by atoms with E-state index in [0.717, 1.165) is 25.2 Å². The summed E-state index contributed by atoms with van der Waals surface area (Å²) in [4.78, 5) is 3.54. The van der Waals surface area contributed by atoms with E-state index in [0.29, 0.717) is 29.4 Å². The zero-order chi connectivity index (χ0) is 20.1. The molecule has 3 aromatic rings. The molecule has 2 aromatic heterocycles. The molecular formula is C19H18F5N3O. The third-order valence-corrected chi connectivity index (χ3v) is 5.24. The highest BCUT2D eigenvalue weighted by molar-refractivity contribution is 6.08. The first-order valence-electron chi connectivity index (χ1n) is 8.95.